The Bertz CT molecular complexity index is 2720. The van der Waals surface area contributed by atoms with Gasteiger partial charge >= 0.3 is 0 Å². The highest BCUT2D eigenvalue weighted by molar-refractivity contribution is 6.09. The largest absolute Gasteiger partial charge is 0.455 e. The number of benzene rings is 7. The molecule has 260 valence electrons. The van der Waals surface area contributed by atoms with Gasteiger partial charge in [0.15, 0.2) is 0 Å². The van der Waals surface area contributed by atoms with Gasteiger partial charge in [-0.05, 0) is 143 Å². The molecule has 8 aromatic rings. The van der Waals surface area contributed by atoms with Gasteiger partial charge in [-0.15, -0.1) is 0 Å². The number of hydrogen-bond donors (Lipinski definition) is 0. The third kappa shape index (κ3) is 4.46. The lowest BCUT2D eigenvalue weighted by atomic mass is 9.47. The average molecular weight is 696 g/mol. The van der Waals surface area contributed by atoms with Crippen LogP contribution < -0.4 is 4.90 Å². The van der Waals surface area contributed by atoms with Crippen LogP contribution in [0.1, 0.15) is 55.1 Å². The van der Waals surface area contributed by atoms with Crippen LogP contribution in [0, 0.1) is 17.3 Å². The van der Waals surface area contributed by atoms with Crippen LogP contribution in [0.4, 0.5) is 17.1 Å². The Labute approximate surface area is 316 Å². The molecule has 3 fully saturated rings. The molecule has 4 aliphatic rings. The summed E-state index contributed by atoms with van der Waals surface area (Å²) >= 11 is 0. The van der Waals surface area contributed by atoms with Gasteiger partial charge in [-0.2, -0.15) is 0 Å². The van der Waals surface area contributed by atoms with E-state index in [1.165, 1.54) is 54.4 Å². The maximum Gasteiger partial charge on any atom is 0.143 e. The molecule has 2 nitrogen and oxygen atoms in total. The first-order chi connectivity index (χ1) is 26.7. The molecule has 1 heterocycles. The number of hydrogen-bond acceptors (Lipinski definition) is 2. The van der Waals surface area contributed by atoms with Crippen molar-refractivity contribution in [1.82, 2.24) is 0 Å². The van der Waals surface area contributed by atoms with Crippen LogP contribution in [0.5, 0.6) is 0 Å². The number of fused-ring (bicyclic) bond motifs is 10. The predicted molar refractivity (Wildman–Crippen MR) is 223 cm³/mol. The maximum atomic E-state index is 6.39. The van der Waals surface area contributed by atoms with E-state index in [9.17, 15) is 0 Å². The van der Waals surface area contributed by atoms with Crippen molar-refractivity contribution in [3.8, 4) is 33.4 Å². The summed E-state index contributed by atoms with van der Waals surface area (Å²) in [6, 6.07) is 60.4. The first-order valence-corrected chi connectivity index (χ1v) is 19.9. The Kier molecular flexibility index (Phi) is 6.55. The summed E-state index contributed by atoms with van der Waals surface area (Å²) in [6.07, 6.45) is 7.07. The Hall–Kier alpha value is -5.86. The highest BCUT2D eigenvalue weighted by Gasteiger charge is 2.63. The van der Waals surface area contributed by atoms with Gasteiger partial charge in [0, 0.05) is 33.4 Å². The highest BCUT2D eigenvalue weighted by Crippen LogP contribution is 2.75. The van der Waals surface area contributed by atoms with Gasteiger partial charge in [0.1, 0.15) is 11.2 Å². The number of anilines is 3. The molecule has 0 aliphatic heterocycles. The van der Waals surface area contributed by atoms with Gasteiger partial charge in [-0.25, -0.2) is 0 Å². The van der Waals surface area contributed by atoms with Gasteiger partial charge in [0.2, 0.25) is 0 Å². The summed E-state index contributed by atoms with van der Waals surface area (Å²) in [6.45, 7) is 0. The standard InChI is InChI=1S/C52H41NO/c1-2-9-39(10-3-1)53(41-24-19-35(20-25-41)43-14-8-15-47-46-13-6-7-16-50(46)54-51(43)47)40-22-17-34(18-23-40)36-21-26-45-44-12-5-4-11-42(44)37-27-33-28-38-30-49(48(45)29-36)52(38,31-33)32-37/h1-26,29,33,37-38,49H,27-28,30-32H2. The van der Waals surface area contributed by atoms with Crippen LogP contribution in [0.3, 0.4) is 0 Å². The van der Waals surface area contributed by atoms with Crippen molar-refractivity contribution in [1.29, 1.82) is 0 Å². The van der Waals surface area contributed by atoms with Gasteiger partial charge in [0.05, 0.1) is 0 Å². The molecule has 12 rings (SSSR count). The summed E-state index contributed by atoms with van der Waals surface area (Å²) in [5.74, 6) is 3.25. The molecule has 0 radical (unpaired) electrons. The third-order valence-corrected chi connectivity index (χ3v) is 14.0. The van der Waals surface area contributed by atoms with Gasteiger partial charge in [-0.1, -0.05) is 121 Å². The molecule has 7 aromatic carbocycles. The third-order valence-electron chi connectivity index (χ3n) is 14.0. The molecule has 4 aliphatic carbocycles. The topological polar surface area (TPSA) is 16.4 Å². The van der Waals surface area contributed by atoms with E-state index in [1.54, 1.807) is 11.1 Å². The van der Waals surface area contributed by atoms with Gasteiger partial charge < -0.3 is 9.32 Å². The summed E-state index contributed by atoms with van der Waals surface area (Å²) in [5, 5.41) is 2.31. The Morgan fingerprint density at radius 2 is 1.15 bits per heavy atom. The Morgan fingerprint density at radius 3 is 2.00 bits per heavy atom. The molecule has 1 spiro atoms. The van der Waals surface area contributed by atoms with E-state index in [-0.39, 0.29) is 0 Å². The van der Waals surface area contributed by atoms with Gasteiger partial charge in [0.25, 0.3) is 0 Å². The molecule has 1 aromatic heterocycles. The van der Waals surface area contributed by atoms with Crippen molar-refractivity contribution >= 4 is 39.0 Å². The van der Waals surface area contributed by atoms with E-state index >= 15 is 0 Å². The van der Waals surface area contributed by atoms with E-state index in [2.05, 4.69) is 157 Å². The summed E-state index contributed by atoms with van der Waals surface area (Å²) in [4.78, 5) is 2.36. The fourth-order valence-electron chi connectivity index (χ4n) is 11.7. The quantitative estimate of drug-likeness (QED) is 0.178. The van der Waals surface area contributed by atoms with Crippen molar-refractivity contribution in [2.24, 2.45) is 17.3 Å². The second-order valence-corrected chi connectivity index (χ2v) is 16.6. The molecular weight excluding hydrogens is 655 g/mol. The van der Waals surface area contributed by atoms with E-state index in [1.807, 2.05) is 12.1 Å². The second kappa shape index (κ2) is 11.6. The van der Waals surface area contributed by atoms with Crippen molar-refractivity contribution < 1.29 is 4.42 Å². The molecule has 3 saturated carbocycles. The fraction of sp³-hybridized carbons (Fsp3) is 0.192. The first-order valence-electron chi connectivity index (χ1n) is 19.9. The van der Waals surface area contributed by atoms with Crippen molar-refractivity contribution in [2.75, 3.05) is 4.90 Å². The Balaban J connectivity index is 0.908. The number of para-hydroxylation sites is 3. The molecule has 5 unspecified atom stereocenters. The van der Waals surface area contributed by atoms with Crippen LogP contribution in [0.15, 0.2) is 168 Å². The maximum absolute atomic E-state index is 6.39. The lowest BCUT2D eigenvalue weighted by Crippen LogP contribution is -2.46. The Morgan fingerprint density at radius 1 is 0.481 bits per heavy atom. The summed E-state index contributed by atoms with van der Waals surface area (Å²) in [5.41, 5.74) is 16.8. The normalized spacial score (nSPS) is 23.3. The minimum absolute atomic E-state index is 0.517. The van der Waals surface area contributed by atoms with Crippen LogP contribution in [0.2, 0.25) is 0 Å². The highest BCUT2D eigenvalue weighted by atomic mass is 16.3. The SMILES string of the molecule is c1ccc(N(c2ccc(-c3ccc4c(c3)C3CC5CC6CC(CC53C6)c3ccccc3-4)cc2)c2ccc(-c3cccc4c3oc3ccccc34)cc2)cc1. The minimum Gasteiger partial charge on any atom is -0.455 e. The molecule has 3 bridgehead atoms. The number of rotatable bonds is 5. The minimum atomic E-state index is 0.517. The van der Waals surface area contributed by atoms with Crippen LogP contribution in [-0.2, 0) is 0 Å². The van der Waals surface area contributed by atoms with Crippen LogP contribution in [-0.4, -0.2) is 0 Å². The van der Waals surface area contributed by atoms with E-state index in [0.717, 1.165) is 67.9 Å². The van der Waals surface area contributed by atoms with E-state index in [0.29, 0.717) is 11.3 Å². The molecule has 0 saturated heterocycles. The zero-order chi connectivity index (χ0) is 35.4. The smallest absolute Gasteiger partial charge is 0.143 e. The lowest BCUT2D eigenvalue weighted by Gasteiger charge is -2.57. The number of furan rings is 1. The zero-order valence-electron chi connectivity index (χ0n) is 30.3. The van der Waals surface area contributed by atoms with Gasteiger partial charge in [-0.3, -0.25) is 0 Å². The lowest BCUT2D eigenvalue weighted by molar-refractivity contribution is -0.000390. The predicted octanol–water partition coefficient (Wildman–Crippen LogP) is 14.4. The molecule has 5 atom stereocenters. The molecular formula is C52H41NO. The monoisotopic (exact) mass is 695 g/mol. The molecule has 0 amide bonds. The molecule has 54 heavy (non-hydrogen) atoms. The van der Waals surface area contributed by atoms with E-state index < -0.39 is 0 Å². The van der Waals surface area contributed by atoms with Crippen molar-refractivity contribution in [3.05, 3.63) is 175 Å². The summed E-state index contributed by atoms with van der Waals surface area (Å²) in [7, 11) is 0. The fourth-order valence-corrected chi connectivity index (χ4v) is 11.7. The second-order valence-electron chi connectivity index (χ2n) is 16.6. The molecule has 0 N–H and O–H groups in total. The zero-order valence-corrected chi connectivity index (χ0v) is 30.3. The average Bonchev–Trinajstić information content (AvgIpc) is 3.70. The van der Waals surface area contributed by atoms with Crippen LogP contribution >= 0.6 is 0 Å². The van der Waals surface area contributed by atoms with Crippen molar-refractivity contribution in [2.45, 2.75) is 43.9 Å². The van der Waals surface area contributed by atoms with E-state index in [4.69, 9.17) is 4.42 Å². The van der Waals surface area contributed by atoms with Crippen LogP contribution in [0.25, 0.3) is 55.3 Å². The number of nitrogens with zero attached hydrogens (tertiary/aromatic N) is 1. The first kappa shape index (κ1) is 30.6. The summed E-state index contributed by atoms with van der Waals surface area (Å²) < 4.78 is 6.39. The molecule has 2 heteroatoms. The van der Waals surface area contributed by atoms with Crippen molar-refractivity contribution in [3.63, 3.8) is 0 Å².